The van der Waals surface area contributed by atoms with Gasteiger partial charge in [-0.05, 0) is 43.0 Å². The zero-order valence-electron chi connectivity index (χ0n) is 13.4. The van der Waals surface area contributed by atoms with Gasteiger partial charge in [0.25, 0.3) is 0 Å². The van der Waals surface area contributed by atoms with E-state index in [4.69, 9.17) is 0 Å². The molecule has 0 saturated carbocycles. The predicted octanol–water partition coefficient (Wildman–Crippen LogP) is 4.57. The number of hydrogen-bond donors (Lipinski definition) is 0. The minimum absolute atomic E-state index is 0.207. The van der Waals surface area contributed by atoms with Crippen LogP contribution >= 0.6 is 23.5 Å². The number of anilines is 2. The van der Waals surface area contributed by atoms with Crippen molar-refractivity contribution in [2.75, 3.05) is 22.3 Å². The first-order valence-electron chi connectivity index (χ1n) is 8.34. The summed E-state index contributed by atoms with van der Waals surface area (Å²) in [5.74, 6) is 0.525. The third-order valence-electron chi connectivity index (χ3n) is 4.44. The van der Waals surface area contributed by atoms with Crippen LogP contribution in [0.4, 0.5) is 11.4 Å². The second-order valence-electron chi connectivity index (χ2n) is 5.95. The van der Waals surface area contributed by atoms with E-state index in [0.29, 0.717) is 5.75 Å². The van der Waals surface area contributed by atoms with Crippen LogP contribution in [0, 0.1) is 0 Å². The van der Waals surface area contributed by atoms with Gasteiger partial charge in [-0.1, -0.05) is 42.1 Å². The number of carbonyl (C=O) groups excluding carboxylic acids is 1. The monoisotopic (exact) mass is 356 g/mol. The largest absolute Gasteiger partial charge is 0.302 e. The van der Waals surface area contributed by atoms with Crippen LogP contribution < -0.4 is 10.0 Å². The lowest BCUT2D eigenvalue weighted by atomic mass is 10.1. The molecule has 0 aliphatic carbocycles. The number of hydrogen-bond acceptors (Lipinski definition) is 5. The minimum Gasteiger partial charge on any atom is -0.302 e. The van der Waals surface area contributed by atoms with Crippen LogP contribution in [-0.4, -0.2) is 23.3 Å². The molecule has 2 aromatic rings. The van der Waals surface area contributed by atoms with Crippen molar-refractivity contribution >= 4 is 41.2 Å². The Labute approximate surface area is 151 Å². The molecule has 2 aromatic carbocycles. The number of para-hydroxylation sites is 2. The van der Waals surface area contributed by atoms with E-state index in [0.717, 1.165) is 19.3 Å². The molecule has 0 amide bonds. The number of nitrogens with zero attached hydrogens (tertiary/aromatic N) is 2. The van der Waals surface area contributed by atoms with E-state index < -0.39 is 0 Å². The molecule has 0 fully saturated rings. The van der Waals surface area contributed by atoms with Crippen LogP contribution in [0.2, 0.25) is 0 Å². The van der Waals surface area contributed by atoms with Crippen molar-refractivity contribution in [1.82, 2.24) is 0 Å². The fourth-order valence-corrected chi connectivity index (χ4v) is 5.80. The van der Waals surface area contributed by atoms with Crippen molar-refractivity contribution in [2.24, 2.45) is 0 Å². The van der Waals surface area contributed by atoms with Crippen molar-refractivity contribution in [3.05, 3.63) is 54.1 Å². The molecular weight excluding hydrogens is 336 g/mol. The van der Waals surface area contributed by atoms with Crippen molar-refractivity contribution in [1.29, 1.82) is 0 Å². The summed E-state index contributed by atoms with van der Waals surface area (Å²) in [6.07, 6.45) is 4.55. The Morgan fingerprint density at radius 1 is 1.08 bits per heavy atom. The Balaban J connectivity index is 1.75. The van der Waals surface area contributed by atoms with E-state index in [1.165, 1.54) is 34.7 Å². The van der Waals surface area contributed by atoms with E-state index in [1.807, 2.05) is 11.8 Å². The van der Waals surface area contributed by atoms with Gasteiger partial charge in [0, 0.05) is 11.4 Å². The van der Waals surface area contributed by atoms with Gasteiger partial charge in [-0.15, -0.1) is 11.8 Å². The van der Waals surface area contributed by atoms with Gasteiger partial charge in [-0.25, -0.2) is 0 Å². The first-order valence-corrected chi connectivity index (χ1v) is 10.3. The number of thioether (sulfide) groups is 2. The summed E-state index contributed by atoms with van der Waals surface area (Å²) < 4.78 is 0.207. The quantitative estimate of drug-likeness (QED) is 0.747. The Morgan fingerprint density at radius 3 is 2.75 bits per heavy atom. The summed E-state index contributed by atoms with van der Waals surface area (Å²) in [6.45, 7) is 1.02. The van der Waals surface area contributed by atoms with Gasteiger partial charge >= 0.3 is 0 Å². The molecule has 124 valence electrons. The Bertz CT molecular complexity index is 737. The SMILES string of the molecule is O=CCSC1Sc2ccccc2N1N1CCCCc2ccccc21. The average molecular weight is 357 g/mol. The van der Waals surface area contributed by atoms with E-state index in [9.17, 15) is 4.79 Å². The van der Waals surface area contributed by atoms with Crippen molar-refractivity contribution in [2.45, 2.75) is 28.9 Å². The summed E-state index contributed by atoms with van der Waals surface area (Å²) in [5, 5.41) is 4.84. The number of rotatable bonds is 4. The lowest BCUT2D eigenvalue weighted by molar-refractivity contribution is -0.105. The number of carbonyl (C=O) groups is 1. The highest BCUT2D eigenvalue weighted by atomic mass is 32.2. The van der Waals surface area contributed by atoms with Gasteiger partial charge in [0.05, 0.1) is 17.1 Å². The fraction of sp³-hybridized carbons (Fsp3) is 0.316. The van der Waals surface area contributed by atoms with E-state index in [1.54, 1.807) is 11.8 Å². The van der Waals surface area contributed by atoms with Gasteiger partial charge in [0.2, 0.25) is 0 Å². The number of aldehydes is 1. The molecule has 0 spiro atoms. The molecule has 2 aliphatic heterocycles. The lowest BCUT2D eigenvalue weighted by Gasteiger charge is -2.39. The fourth-order valence-electron chi connectivity index (χ4n) is 3.38. The summed E-state index contributed by atoms with van der Waals surface area (Å²) in [6, 6.07) is 17.3. The van der Waals surface area contributed by atoms with Gasteiger partial charge in [0.15, 0.2) is 0 Å². The topological polar surface area (TPSA) is 23.6 Å². The second kappa shape index (κ2) is 7.11. The number of benzene rings is 2. The highest BCUT2D eigenvalue weighted by molar-refractivity contribution is 8.17. The zero-order valence-corrected chi connectivity index (χ0v) is 15.1. The molecule has 2 aliphatic rings. The molecule has 0 radical (unpaired) electrons. The molecule has 5 heteroatoms. The highest BCUT2D eigenvalue weighted by Crippen LogP contribution is 2.49. The zero-order chi connectivity index (χ0) is 16.4. The molecule has 3 nitrogen and oxygen atoms in total. The van der Waals surface area contributed by atoms with E-state index >= 15 is 0 Å². The van der Waals surface area contributed by atoms with Gasteiger partial charge in [0.1, 0.15) is 11.0 Å². The van der Waals surface area contributed by atoms with Crippen LogP contribution in [0.1, 0.15) is 18.4 Å². The molecule has 0 bridgehead atoms. The maximum atomic E-state index is 10.9. The molecule has 4 rings (SSSR count). The molecule has 0 saturated heterocycles. The third kappa shape index (κ3) is 2.91. The number of aryl methyl sites for hydroxylation is 1. The standard InChI is InChI=1S/C19H20N2OS2/c22-13-14-23-19-21(17-10-3-4-11-18(17)24-19)20-12-6-5-8-15-7-1-2-9-16(15)20/h1-4,7,9-11,13,19H,5-6,8,12,14H2. The molecule has 2 heterocycles. The van der Waals surface area contributed by atoms with E-state index in [2.05, 4.69) is 58.5 Å². The molecular formula is C19H20N2OS2. The van der Waals surface area contributed by atoms with Crippen molar-refractivity contribution in [3.63, 3.8) is 0 Å². The van der Waals surface area contributed by atoms with Crippen LogP contribution in [0.25, 0.3) is 0 Å². The highest BCUT2D eigenvalue weighted by Gasteiger charge is 2.35. The Kier molecular flexibility index (Phi) is 4.72. The molecule has 1 unspecified atom stereocenters. The maximum absolute atomic E-state index is 10.9. The third-order valence-corrected chi connectivity index (χ3v) is 6.95. The first kappa shape index (κ1) is 15.9. The van der Waals surface area contributed by atoms with Crippen molar-refractivity contribution in [3.8, 4) is 0 Å². The Morgan fingerprint density at radius 2 is 1.88 bits per heavy atom. The first-order chi connectivity index (χ1) is 11.9. The smallest absolute Gasteiger partial charge is 0.146 e. The van der Waals surface area contributed by atoms with E-state index in [-0.39, 0.29) is 4.71 Å². The average Bonchev–Trinajstić information content (AvgIpc) is 2.85. The summed E-state index contributed by atoms with van der Waals surface area (Å²) in [4.78, 5) is 12.2. The van der Waals surface area contributed by atoms with Crippen LogP contribution in [-0.2, 0) is 11.2 Å². The van der Waals surface area contributed by atoms with Gasteiger partial charge in [-0.2, -0.15) is 0 Å². The summed E-state index contributed by atoms with van der Waals surface area (Å²) in [7, 11) is 0. The molecule has 24 heavy (non-hydrogen) atoms. The number of fused-ring (bicyclic) bond motifs is 2. The van der Waals surface area contributed by atoms with Crippen LogP contribution in [0.3, 0.4) is 0 Å². The van der Waals surface area contributed by atoms with Crippen LogP contribution in [0.15, 0.2) is 53.4 Å². The summed E-state index contributed by atoms with van der Waals surface area (Å²) in [5.41, 5.74) is 3.98. The Hall–Kier alpha value is -1.59. The summed E-state index contributed by atoms with van der Waals surface area (Å²) >= 11 is 3.55. The molecule has 0 N–H and O–H groups in total. The minimum atomic E-state index is 0.207. The van der Waals surface area contributed by atoms with Gasteiger partial charge < -0.3 is 4.79 Å². The molecule has 1 atom stereocenters. The predicted molar refractivity (Wildman–Crippen MR) is 104 cm³/mol. The molecule has 0 aromatic heterocycles. The van der Waals surface area contributed by atoms with Crippen molar-refractivity contribution < 1.29 is 4.79 Å². The van der Waals surface area contributed by atoms with Crippen LogP contribution in [0.5, 0.6) is 0 Å². The maximum Gasteiger partial charge on any atom is 0.146 e. The van der Waals surface area contributed by atoms with Gasteiger partial charge in [-0.3, -0.25) is 10.0 Å². The lowest BCUT2D eigenvalue weighted by Crippen LogP contribution is -2.46. The normalized spacial score (nSPS) is 19.6. The second-order valence-corrected chi connectivity index (χ2v) is 8.48. The number of hydrazine groups is 1.